The maximum atomic E-state index is 12.9. The van der Waals surface area contributed by atoms with E-state index in [2.05, 4.69) is 5.32 Å². The molecule has 1 heterocycles. The number of ketones is 2. The minimum atomic E-state index is -1.01. The average Bonchev–Trinajstić information content (AvgIpc) is 3.13. The number of aliphatic hydroxyl groups excluding tert-OH is 2. The number of carboxylic acid groups (broad SMARTS) is 1. The summed E-state index contributed by atoms with van der Waals surface area (Å²) in [4.78, 5) is 38.8. The van der Waals surface area contributed by atoms with Crippen molar-refractivity contribution in [2.24, 2.45) is 0 Å². The van der Waals surface area contributed by atoms with Crippen LogP contribution in [0.1, 0.15) is 49.0 Å². The Balaban J connectivity index is 1.68. The monoisotopic (exact) mass is 462 g/mol. The van der Waals surface area contributed by atoms with E-state index in [1.54, 1.807) is 29.2 Å². The Labute approximate surface area is 196 Å². The van der Waals surface area contributed by atoms with Gasteiger partial charge in [0.05, 0.1) is 5.56 Å². The largest absolute Gasteiger partial charge is 0.501 e. The highest BCUT2D eigenvalue weighted by atomic mass is 16.4. The number of hydrogen-bond donors (Lipinski definition) is 4. The number of nitrogens with zero attached hydrogens (tertiary/aromatic N) is 1. The Morgan fingerprint density at radius 3 is 2.29 bits per heavy atom. The van der Waals surface area contributed by atoms with Crippen molar-refractivity contribution in [3.05, 3.63) is 82.6 Å². The van der Waals surface area contributed by atoms with Crippen molar-refractivity contribution >= 4 is 17.5 Å². The van der Waals surface area contributed by atoms with Crippen molar-refractivity contribution in [1.29, 1.82) is 0 Å². The SMILES string of the molecule is CCCCC1(C)NC2=C(C(=O)C(O)=C(O)C2=O)N1Cc1ccc(-c2ccccc2C(=O)O)cc1. The van der Waals surface area contributed by atoms with Crippen molar-refractivity contribution < 1.29 is 29.7 Å². The third-order valence-electron chi connectivity index (χ3n) is 6.37. The van der Waals surface area contributed by atoms with E-state index < -0.39 is 34.7 Å². The summed E-state index contributed by atoms with van der Waals surface area (Å²) in [6.07, 6.45) is 2.37. The lowest BCUT2D eigenvalue weighted by Crippen LogP contribution is -2.50. The van der Waals surface area contributed by atoms with Gasteiger partial charge >= 0.3 is 5.97 Å². The Kier molecular flexibility index (Phi) is 5.91. The first-order chi connectivity index (χ1) is 16.2. The van der Waals surface area contributed by atoms with Gasteiger partial charge in [0, 0.05) is 6.54 Å². The zero-order valence-electron chi connectivity index (χ0n) is 19.0. The minimum Gasteiger partial charge on any atom is -0.501 e. The third kappa shape index (κ3) is 3.81. The maximum Gasteiger partial charge on any atom is 0.336 e. The van der Waals surface area contributed by atoms with Gasteiger partial charge in [-0.2, -0.15) is 0 Å². The Morgan fingerprint density at radius 1 is 1.00 bits per heavy atom. The van der Waals surface area contributed by atoms with E-state index in [4.69, 9.17) is 0 Å². The van der Waals surface area contributed by atoms with E-state index in [0.717, 1.165) is 24.0 Å². The number of aromatic carboxylic acids is 1. The topological polar surface area (TPSA) is 127 Å². The van der Waals surface area contributed by atoms with Gasteiger partial charge in [-0.15, -0.1) is 0 Å². The van der Waals surface area contributed by atoms with Crippen LogP contribution in [0.5, 0.6) is 0 Å². The Morgan fingerprint density at radius 2 is 1.65 bits per heavy atom. The summed E-state index contributed by atoms with van der Waals surface area (Å²) in [7, 11) is 0. The summed E-state index contributed by atoms with van der Waals surface area (Å²) in [5.74, 6) is -4.51. The van der Waals surface area contributed by atoms with Crippen LogP contribution in [0.3, 0.4) is 0 Å². The van der Waals surface area contributed by atoms with Crippen molar-refractivity contribution in [3.8, 4) is 11.1 Å². The van der Waals surface area contributed by atoms with Crippen LogP contribution in [0.25, 0.3) is 11.1 Å². The number of carboxylic acids is 1. The number of rotatable bonds is 7. The summed E-state index contributed by atoms with van der Waals surface area (Å²) >= 11 is 0. The molecule has 0 bridgehead atoms. The fourth-order valence-corrected chi connectivity index (χ4v) is 4.49. The summed E-state index contributed by atoms with van der Waals surface area (Å²) in [6, 6.07) is 14.1. The molecule has 1 aliphatic carbocycles. The van der Waals surface area contributed by atoms with Gasteiger partial charge in [-0.3, -0.25) is 9.59 Å². The molecule has 0 saturated carbocycles. The van der Waals surface area contributed by atoms with E-state index in [-0.39, 0.29) is 23.5 Å². The molecule has 1 atom stereocenters. The smallest absolute Gasteiger partial charge is 0.336 e. The fourth-order valence-electron chi connectivity index (χ4n) is 4.49. The second kappa shape index (κ2) is 8.70. The average molecular weight is 463 g/mol. The van der Waals surface area contributed by atoms with Crippen LogP contribution >= 0.6 is 0 Å². The number of benzene rings is 2. The molecular formula is C26H26N2O6. The van der Waals surface area contributed by atoms with Gasteiger partial charge in [0.2, 0.25) is 23.1 Å². The van der Waals surface area contributed by atoms with Crippen LogP contribution in [0.4, 0.5) is 0 Å². The first-order valence-electron chi connectivity index (χ1n) is 11.1. The van der Waals surface area contributed by atoms with E-state index in [1.807, 2.05) is 38.1 Å². The van der Waals surface area contributed by atoms with Gasteiger partial charge in [0.15, 0.2) is 0 Å². The van der Waals surface area contributed by atoms with Crippen molar-refractivity contribution in [2.45, 2.75) is 45.3 Å². The summed E-state index contributed by atoms with van der Waals surface area (Å²) in [6.45, 7) is 4.19. The first kappa shape index (κ1) is 23.1. The molecule has 1 aliphatic heterocycles. The maximum absolute atomic E-state index is 12.9. The number of aliphatic hydroxyl groups is 2. The molecule has 2 aromatic rings. The third-order valence-corrected chi connectivity index (χ3v) is 6.37. The quantitative estimate of drug-likeness (QED) is 0.454. The van der Waals surface area contributed by atoms with E-state index in [0.29, 0.717) is 12.0 Å². The van der Waals surface area contributed by atoms with Crippen LogP contribution in [0.2, 0.25) is 0 Å². The molecule has 4 rings (SSSR count). The molecule has 0 radical (unpaired) electrons. The highest BCUT2D eigenvalue weighted by Gasteiger charge is 2.49. The molecule has 0 fully saturated rings. The number of carbonyl (C=O) groups is 3. The molecule has 1 unspecified atom stereocenters. The van der Waals surface area contributed by atoms with Crippen molar-refractivity contribution in [1.82, 2.24) is 10.2 Å². The van der Waals surface area contributed by atoms with Gasteiger partial charge in [0.1, 0.15) is 17.1 Å². The second-order valence-electron chi connectivity index (χ2n) is 8.72. The standard InChI is InChI=1S/C26H26N2O6/c1-3-4-13-26(2)27-19-20(22(30)24(32)23(31)21(19)29)28(26)14-15-9-11-16(12-10-15)17-7-5-6-8-18(17)25(33)34/h5-12,27,31-32H,3-4,13-14H2,1-2H3,(H,33,34). The highest BCUT2D eigenvalue weighted by molar-refractivity contribution is 6.23. The summed E-state index contributed by atoms with van der Waals surface area (Å²) in [5.41, 5.74) is 1.63. The number of Topliss-reactive ketones (excluding diaryl/α,β-unsaturated/α-hetero) is 2. The van der Waals surface area contributed by atoms with Gasteiger partial charge in [-0.1, -0.05) is 55.8 Å². The van der Waals surface area contributed by atoms with E-state index in [1.165, 1.54) is 0 Å². The molecule has 34 heavy (non-hydrogen) atoms. The van der Waals surface area contributed by atoms with Crippen LogP contribution in [0.15, 0.2) is 71.4 Å². The number of hydrogen-bond acceptors (Lipinski definition) is 7. The molecular weight excluding hydrogens is 436 g/mol. The van der Waals surface area contributed by atoms with Crippen LogP contribution in [-0.2, 0) is 16.1 Å². The molecule has 0 saturated heterocycles. The predicted molar refractivity (Wildman–Crippen MR) is 125 cm³/mol. The lowest BCUT2D eigenvalue weighted by Gasteiger charge is -2.38. The lowest BCUT2D eigenvalue weighted by atomic mass is 9.97. The molecule has 0 amide bonds. The molecule has 2 aromatic carbocycles. The minimum absolute atomic E-state index is 0.00842. The molecule has 8 nitrogen and oxygen atoms in total. The molecule has 176 valence electrons. The fraction of sp³-hybridized carbons (Fsp3) is 0.269. The van der Waals surface area contributed by atoms with Gasteiger partial charge in [-0.25, -0.2) is 4.79 Å². The second-order valence-corrected chi connectivity index (χ2v) is 8.72. The normalized spacial score (nSPS) is 20.0. The zero-order valence-corrected chi connectivity index (χ0v) is 19.0. The van der Waals surface area contributed by atoms with Crippen molar-refractivity contribution in [3.63, 3.8) is 0 Å². The molecule has 0 aromatic heterocycles. The molecule has 0 spiro atoms. The Hall–Kier alpha value is -4.07. The van der Waals surface area contributed by atoms with E-state index >= 15 is 0 Å². The van der Waals surface area contributed by atoms with Crippen LogP contribution in [-0.4, -0.2) is 43.4 Å². The molecule has 2 aliphatic rings. The van der Waals surface area contributed by atoms with Crippen molar-refractivity contribution in [2.75, 3.05) is 0 Å². The van der Waals surface area contributed by atoms with Crippen LogP contribution in [0, 0.1) is 0 Å². The first-order valence-corrected chi connectivity index (χ1v) is 11.1. The number of carbonyl (C=O) groups excluding carboxylic acids is 2. The lowest BCUT2D eigenvalue weighted by molar-refractivity contribution is -0.121. The molecule has 4 N–H and O–H groups in total. The number of nitrogens with one attached hydrogen (secondary N) is 1. The van der Waals surface area contributed by atoms with Gasteiger partial charge in [-0.05, 0) is 42.5 Å². The Bertz CT molecular complexity index is 1240. The number of unbranched alkanes of at least 4 members (excludes halogenated alkanes) is 1. The zero-order chi connectivity index (χ0) is 24.6. The predicted octanol–water partition coefficient (Wildman–Crippen LogP) is 4.05. The van der Waals surface area contributed by atoms with Crippen LogP contribution < -0.4 is 5.32 Å². The summed E-state index contributed by atoms with van der Waals surface area (Å²) < 4.78 is 0. The highest BCUT2D eigenvalue weighted by Crippen LogP contribution is 2.38. The van der Waals surface area contributed by atoms with E-state index in [9.17, 15) is 29.7 Å². The molecule has 8 heteroatoms. The van der Waals surface area contributed by atoms with Gasteiger partial charge in [0.25, 0.3) is 0 Å². The summed E-state index contributed by atoms with van der Waals surface area (Å²) in [5, 5.41) is 32.6. The van der Waals surface area contributed by atoms with Gasteiger partial charge < -0.3 is 25.5 Å².